The number of halogens is 6. The van der Waals surface area contributed by atoms with Crippen LogP contribution < -0.4 is 14.8 Å². The Morgan fingerprint density at radius 2 is 1.35 bits per heavy atom. The van der Waals surface area contributed by atoms with Gasteiger partial charge in [-0.2, -0.15) is 0 Å². The molecule has 170 valence electrons. The fourth-order valence-corrected chi connectivity index (χ4v) is 3.68. The van der Waals surface area contributed by atoms with Crippen LogP contribution >= 0.6 is 0 Å². The molecule has 31 heavy (non-hydrogen) atoms. The zero-order valence-electron chi connectivity index (χ0n) is 16.4. The molecule has 3 rings (SSSR count). The molecule has 0 atom stereocenters. The minimum atomic E-state index is -5.05. The molecule has 4 nitrogen and oxygen atoms in total. The maximum absolute atomic E-state index is 12.6. The summed E-state index contributed by atoms with van der Waals surface area (Å²) in [7, 11) is 0. The van der Waals surface area contributed by atoms with Gasteiger partial charge in [0, 0.05) is 11.5 Å². The van der Waals surface area contributed by atoms with Gasteiger partial charge in [0.25, 0.3) is 0 Å². The van der Waals surface area contributed by atoms with Gasteiger partial charge >= 0.3 is 12.7 Å². The van der Waals surface area contributed by atoms with Crippen LogP contribution in [-0.4, -0.2) is 32.4 Å². The summed E-state index contributed by atoms with van der Waals surface area (Å²) in [6.45, 7) is 1.61. The van der Waals surface area contributed by atoms with Gasteiger partial charge in [-0.05, 0) is 49.2 Å². The fourth-order valence-electron chi connectivity index (χ4n) is 3.68. The first-order chi connectivity index (χ1) is 14.5. The van der Waals surface area contributed by atoms with Gasteiger partial charge < -0.3 is 19.5 Å². The highest BCUT2D eigenvalue weighted by molar-refractivity contribution is 5.38. The second-order valence-electron chi connectivity index (χ2n) is 7.30. The molecule has 2 aromatic carbocycles. The van der Waals surface area contributed by atoms with E-state index in [9.17, 15) is 26.3 Å². The number of piperidine rings is 1. The molecule has 0 aromatic heterocycles. The molecular formula is C21H21F6NO3. The molecule has 1 aliphatic rings. The number of alkyl halides is 6. The van der Waals surface area contributed by atoms with E-state index in [2.05, 4.69) is 14.8 Å². The van der Waals surface area contributed by atoms with Gasteiger partial charge in [-0.15, -0.1) is 26.3 Å². The Morgan fingerprint density at radius 1 is 0.806 bits per heavy atom. The first kappa shape index (κ1) is 23.2. The average molecular weight is 449 g/mol. The normalized spacial score (nSPS) is 16.7. The van der Waals surface area contributed by atoms with Gasteiger partial charge in [-0.1, -0.05) is 30.3 Å². The van der Waals surface area contributed by atoms with Crippen LogP contribution in [0.5, 0.6) is 11.5 Å². The van der Waals surface area contributed by atoms with Gasteiger partial charge in [0.15, 0.2) is 0 Å². The summed E-state index contributed by atoms with van der Waals surface area (Å²) in [6.07, 6.45) is -8.53. The van der Waals surface area contributed by atoms with Crippen LogP contribution in [0.1, 0.15) is 24.0 Å². The third kappa shape index (κ3) is 7.03. The summed E-state index contributed by atoms with van der Waals surface area (Å²) in [5.74, 6) is -1.63. The van der Waals surface area contributed by atoms with E-state index in [0.717, 1.165) is 43.6 Å². The topological polar surface area (TPSA) is 39.7 Å². The van der Waals surface area contributed by atoms with Crippen molar-refractivity contribution in [3.63, 3.8) is 0 Å². The predicted octanol–water partition coefficient (Wildman–Crippen LogP) is 5.32. The standard InChI is InChI=1S/C21H21F6NO3/c22-20(23,24)30-17-10-15(11-18(12-17)31-21(25,26)27)13-29-14-19(6-8-28-9-7-19)16-4-2-1-3-5-16/h1-5,10-12,28H,6-9,13-14H2. The number of benzene rings is 2. The molecule has 0 amide bonds. The van der Waals surface area contributed by atoms with E-state index in [-0.39, 0.29) is 24.2 Å². The molecule has 1 N–H and O–H groups in total. The summed E-state index contributed by atoms with van der Waals surface area (Å²) in [4.78, 5) is 0. The van der Waals surface area contributed by atoms with Crippen LogP contribution in [0, 0.1) is 0 Å². The van der Waals surface area contributed by atoms with Crippen molar-refractivity contribution in [1.29, 1.82) is 0 Å². The van der Waals surface area contributed by atoms with Crippen molar-refractivity contribution in [2.75, 3.05) is 19.7 Å². The summed E-state index contributed by atoms with van der Waals surface area (Å²) in [5, 5.41) is 3.27. The number of ether oxygens (including phenoxy) is 3. The predicted molar refractivity (Wildman–Crippen MR) is 99.7 cm³/mol. The van der Waals surface area contributed by atoms with Crippen LogP contribution in [0.3, 0.4) is 0 Å². The minimum absolute atomic E-state index is 0.0677. The number of nitrogens with one attached hydrogen (secondary N) is 1. The molecule has 1 aliphatic heterocycles. The molecule has 0 aliphatic carbocycles. The van der Waals surface area contributed by atoms with Gasteiger partial charge in [0.1, 0.15) is 11.5 Å². The molecular weight excluding hydrogens is 428 g/mol. The van der Waals surface area contributed by atoms with E-state index in [4.69, 9.17) is 4.74 Å². The fraction of sp³-hybridized carbons (Fsp3) is 0.429. The van der Waals surface area contributed by atoms with Crippen LogP contribution in [0.25, 0.3) is 0 Å². The van der Waals surface area contributed by atoms with E-state index in [1.54, 1.807) is 0 Å². The zero-order chi connectivity index (χ0) is 22.5. The molecule has 0 saturated carbocycles. The summed E-state index contributed by atoms with van der Waals surface area (Å²) in [6, 6.07) is 12.2. The lowest BCUT2D eigenvalue weighted by molar-refractivity contribution is -0.276. The van der Waals surface area contributed by atoms with Crippen molar-refractivity contribution < 1.29 is 40.6 Å². The van der Waals surface area contributed by atoms with Gasteiger partial charge in [-0.3, -0.25) is 0 Å². The minimum Gasteiger partial charge on any atom is -0.406 e. The quantitative estimate of drug-likeness (QED) is 0.581. The molecule has 1 heterocycles. The second kappa shape index (κ2) is 9.35. The molecule has 0 spiro atoms. The molecule has 2 aromatic rings. The van der Waals surface area contributed by atoms with Crippen molar-refractivity contribution in [2.24, 2.45) is 0 Å². The third-order valence-corrected chi connectivity index (χ3v) is 5.00. The van der Waals surface area contributed by atoms with Gasteiger partial charge in [-0.25, -0.2) is 0 Å². The van der Waals surface area contributed by atoms with Gasteiger partial charge in [0.05, 0.1) is 13.2 Å². The van der Waals surface area contributed by atoms with Crippen LogP contribution in [-0.2, 0) is 16.8 Å². The number of hydrogen-bond donors (Lipinski definition) is 1. The van der Waals surface area contributed by atoms with Crippen molar-refractivity contribution in [2.45, 2.75) is 37.6 Å². The van der Waals surface area contributed by atoms with Crippen LogP contribution in [0.2, 0.25) is 0 Å². The highest BCUT2D eigenvalue weighted by Gasteiger charge is 2.35. The second-order valence-corrected chi connectivity index (χ2v) is 7.30. The molecule has 0 bridgehead atoms. The molecule has 1 saturated heterocycles. The lowest BCUT2D eigenvalue weighted by Crippen LogP contribution is -2.43. The summed E-state index contributed by atoms with van der Waals surface area (Å²) < 4.78 is 88.6. The molecule has 10 heteroatoms. The number of hydrogen-bond acceptors (Lipinski definition) is 4. The maximum atomic E-state index is 12.6. The first-order valence-corrected chi connectivity index (χ1v) is 9.54. The maximum Gasteiger partial charge on any atom is 0.573 e. The van der Waals surface area contributed by atoms with Crippen LogP contribution in [0.4, 0.5) is 26.3 Å². The first-order valence-electron chi connectivity index (χ1n) is 9.54. The van der Waals surface area contributed by atoms with E-state index < -0.39 is 24.2 Å². The Bertz CT molecular complexity index is 814. The van der Waals surface area contributed by atoms with E-state index in [1.165, 1.54) is 0 Å². The SMILES string of the molecule is FC(F)(F)Oc1cc(COCC2(c3ccccc3)CCNCC2)cc(OC(F)(F)F)c1. The summed E-state index contributed by atoms with van der Waals surface area (Å²) in [5.41, 5.74) is 0.850. The van der Waals surface area contributed by atoms with Crippen molar-refractivity contribution in [1.82, 2.24) is 5.32 Å². The average Bonchev–Trinajstić information content (AvgIpc) is 2.66. The monoisotopic (exact) mass is 449 g/mol. The highest BCUT2D eigenvalue weighted by Crippen LogP contribution is 2.35. The Morgan fingerprint density at radius 3 is 1.87 bits per heavy atom. The Kier molecular flexibility index (Phi) is 7.00. The highest BCUT2D eigenvalue weighted by atomic mass is 19.4. The van der Waals surface area contributed by atoms with E-state index >= 15 is 0 Å². The Hall–Kier alpha value is -2.46. The van der Waals surface area contributed by atoms with E-state index in [1.807, 2.05) is 30.3 Å². The zero-order valence-corrected chi connectivity index (χ0v) is 16.4. The molecule has 0 unspecified atom stereocenters. The van der Waals surface area contributed by atoms with Gasteiger partial charge in [0.2, 0.25) is 0 Å². The van der Waals surface area contributed by atoms with Crippen molar-refractivity contribution in [3.8, 4) is 11.5 Å². The third-order valence-electron chi connectivity index (χ3n) is 5.00. The lowest BCUT2D eigenvalue weighted by atomic mass is 9.74. The van der Waals surface area contributed by atoms with Crippen molar-refractivity contribution in [3.05, 3.63) is 59.7 Å². The largest absolute Gasteiger partial charge is 0.573 e. The Labute approximate surface area is 175 Å². The molecule has 0 radical (unpaired) electrons. The van der Waals surface area contributed by atoms with E-state index in [0.29, 0.717) is 6.07 Å². The van der Waals surface area contributed by atoms with Crippen LogP contribution in [0.15, 0.2) is 48.5 Å². The Balaban J connectivity index is 1.76. The van der Waals surface area contributed by atoms with Crippen molar-refractivity contribution >= 4 is 0 Å². The smallest absolute Gasteiger partial charge is 0.406 e. The number of rotatable bonds is 7. The molecule has 1 fully saturated rings. The lowest BCUT2D eigenvalue weighted by Gasteiger charge is -2.38. The summed E-state index contributed by atoms with van der Waals surface area (Å²) >= 11 is 0.